The van der Waals surface area contributed by atoms with Crippen molar-refractivity contribution in [2.45, 2.75) is 32.4 Å². The molecule has 2 aromatic rings. The van der Waals surface area contributed by atoms with Crippen molar-refractivity contribution in [1.29, 1.82) is 0 Å². The molecule has 0 aliphatic carbocycles. The number of aliphatic hydroxyl groups is 1. The molecule has 3 rings (SSSR count). The van der Waals surface area contributed by atoms with Crippen molar-refractivity contribution in [2.24, 2.45) is 5.92 Å². The average molecular weight is 347 g/mol. The predicted octanol–water partition coefficient (Wildman–Crippen LogP) is 2.39. The monoisotopic (exact) mass is 346 g/mol. The van der Waals surface area contributed by atoms with E-state index in [1.165, 1.54) is 12.8 Å². The maximum absolute atomic E-state index is 9.46. The highest BCUT2D eigenvalue weighted by molar-refractivity contribution is 7.13. The Balaban J connectivity index is 1.39. The highest BCUT2D eigenvalue weighted by atomic mass is 32.1. The Labute approximate surface area is 147 Å². The van der Waals surface area contributed by atoms with Crippen LogP contribution in [0.1, 0.15) is 25.5 Å². The third-order valence-corrected chi connectivity index (χ3v) is 5.32. The van der Waals surface area contributed by atoms with Crippen LogP contribution in [0, 0.1) is 5.92 Å². The molecule has 2 N–H and O–H groups in total. The molecule has 5 nitrogen and oxygen atoms in total. The van der Waals surface area contributed by atoms with Gasteiger partial charge in [0.25, 0.3) is 0 Å². The Morgan fingerprint density at radius 1 is 1.38 bits per heavy atom. The zero-order valence-electron chi connectivity index (χ0n) is 14.2. The molecule has 0 amide bonds. The molecule has 0 spiro atoms. The normalized spacial score (nSPS) is 17.9. The Bertz CT molecular complexity index is 608. The Morgan fingerprint density at radius 3 is 2.92 bits per heavy atom. The van der Waals surface area contributed by atoms with Crippen LogP contribution in [0.2, 0.25) is 0 Å². The van der Waals surface area contributed by atoms with Crippen LogP contribution in [0.15, 0.2) is 29.8 Å². The molecule has 130 valence electrons. The summed E-state index contributed by atoms with van der Waals surface area (Å²) in [5.74, 6) is 0.726. The minimum atomic E-state index is -0.224. The van der Waals surface area contributed by atoms with Gasteiger partial charge in [-0.2, -0.15) is 0 Å². The van der Waals surface area contributed by atoms with Crippen LogP contribution in [0.25, 0.3) is 10.7 Å². The number of thiazole rings is 1. The molecule has 24 heavy (non-hydrogen) atoms. The number of hydrogen-bond donors (Lipinski definition) is 2. The van der Waals surface area contributed by atoms with Crippen molar-refractivity contribution in [3.05, 3.63) is 35.5 Å². The molecule has 3 heterocycles. The van der Waals surface area contributed by atoms with Gasteiger partial charge in [0.2, 0.25) is 0 Å². The number of likely N-dealkylation sites (tertiary alicyclic amines) is 1. The van der Waals surface area contributed by atoms with E-state index >= 15 is 0 Å². The van der Waals surface area contributed by atoms with Crippen molar-refractivity contribution in [1.82, 2.24) is 20.2 Å². The molecule has 6 heteroatoms. The largest absolute Gasteiger partial charge is 0.392 e. The highest BCUT2D eigenvalue weighted by Crippen LogP contribution is 2.21. The van der Waals surface area contributed by atoms with Crippen LogP contribution < -0.4 is 5.32 Å². The van der Waals surface area contributed by atoms with E-state index in [4.69, 9.17) is 0 Å². The summed E-state index contributed by atoms with van der Waals surface area (Å²) in [6.45, 7) is 6.71. The van der Waals surface area contributed by atoms with Crippen LogP contribution in [-0.4, -0.2) is 52.3 Å². The summed E-state index contributed by atoms with van der Waals surface area (Å²) < 4.78 is 0. The average Bonchev–Trinajstić information content (AvgIpc) is 3.06. The molecule has 0 saturated carbocycles. The van der Waals surface area contributed by atoms with Gasteiger partial charge in [-0.25, -0.2) is 4.98 Å². The quantitative estimate of drug-likeness (QED) is 0.806. The Hall–Kier alpha value is -1.34. The summed E-state index contributed by atoms with van der Waals surface area (Å²) in [4.78, 5) is 11.4. The fourth-order valence-corrected chi connectivity index (χ4v) is 3.94. The second-order valence-corrected chi connectivity index (χ2v) is 7.44. The van der Waals surface area contributed by atoms with Gasteiger partial charge in [-0.15, -0.1) is 11.3 Å². The number of β-amino-alcohol motifs (C(OH)–C–C–N with tert-alkyl or cyclic N) is 1. The number of hydrogen-bond acceptors (Lipinski definition) is 6. The van der Waals surface area contributed by atoms with Crippen molar-refractivity contribution in [3.8, 4) is 10.7 Å². The Morgan fingerprint density at radius 2 is 2.21 bits per heavy atom. The molecule has 1 aliphatic heterocycles. The Kier molecular flexibility index (Phi) is 6.31. The number of aliphatic hydroxyl groups excluding tert-OH is 1. The fourth-order valence-electron chi connectivity index (χ4n) is 3.15. The van der Waals surface area contributed by atoms with Crippen LogP contribution >= 0.6 is 11.3 Å². The summed E-state index contributed by atoms with van der Waals surface area (Å²) in [7, 11) is 0. The number of rotatable bonds is 7. The third kappa shape index (κ3) is 5.08. The number of nitrogens with zero attached hydrogens (tertiary/aromatic N) is 3. The van der Waals surface area contributed by atoms with Gasteiger partial charge in [0, 0.05) is 24.7 Å². The van der Waals surface area contributed by atoms with E-state index in [-0.39, 0.29) is 6.10 Å². The number of nitrogens with one attached hydrogen (secondary N) is 1. The maximum atomic E-state index is 9.46. The van der Waals surface area contributed by atoms with E-state index in [9.17, 15) is 5.11 Å². The van der Waals surface area contributed by atoms with Gasteiger partial charge in [0.05, 0.1) is 17.5 Å². The fraction of sp³-hybridized carbons (Fsp3) is 0.556. The molecule has 0 aromatic carbocycles. The smallest absolute Gasteiger partial charge is 0.142 e. The van der Waals surface area contributed by atoms with Crippen LogP contribution in [0.4, 0.5) is 0 Å². The highest BCUT2D eigenvalue weighted by Gasteiger charge is 2.19. The summed E-state index contributed by atoms with van der Waals surface area (Å²) in [5, 5.41) is 16.1. The first-order valence-corrected chi connectivity index (χ1v) is 9.55. The predicted molar refractivity (Wildman–Crippen MR) is 97.9 cm³/mol. The van der Waals surface area contributed by atoms with Gasteiger partial charge >= 0.3 is 0 Å². The lowest BCUT2D eigenvalue weighted by molar-refractivity contribution is 0.0998. The van der Waals surface area contributed by atoms with Gasteiger partial charge in [-0.05, 0) is 57.5 Å². The van der Waals surface area contributed by atoms with E-state index < -0.39 is 0 Å². The van der Waals surface area contributed by atoms with Gasteiger partial charge < -0.3 is 15.3 Å². The molecule has 1 unspecified atom stereocenters. The standard InChI is InChI=1S/C18H26N4OS/c1-14(23)12-22-8-5-15(6-9-22)10-19-11-16-13-24-18(21-16)17-4-2-3-7-20-17/h2-4,7,13-15,19,23H,5-6,8-12H2,1H3. The first-order chi connectivity index (χ1) is 11.7. The van der Waals surface area contributed by atoms with Crippen molar-refractivity contribution in [2.75, 3.05) is 26.2 Å². The SMILES string of the molecule is CC(O)CN1CCC(CNCc2csc(-c3ccccn3)n2)CC1. The molecule has 1 atom stereocenters. The minimum Gasteiger partial charge on any atom is -0.392 e. The minimum absolute atomic E-state index is 0.224. The molecule has 1 saturated heterocycles. The molecule has 0 radical (unpaired) electrons. The van der Waals surface area contributed by atoms with E-state index in [2.05, 4.69) is 25.6 Å². The van der Waals surface area contributed by atoms with Gasteiger partial charge in [-0.1, -0.05) is 6.07 Å². The zero-order chi connectivity index (χ0) is 16.8. The van der Waals surface area contributed by atoms with Crippen molar-refractivity contribution >= 4 is 11.3 Å². The van der Waals surface area contributed by atoms with Crippen LogP contribution in [0.3, 0.4) is 0 Å². The molecule has 2 aromatic heterocycles. The summed E-state index contributed by atoms with van der Waals surface area (Å²) in [6.07, 6.45) is 3.99. The second kappa shape index (κ2) is 8.67. The number of pyridine rings is 1. The van der Waals surface area contributed by atoms with E-state index in [1.54, 1.807) is 17.5 Å². The summed E-state index contributed by atoms with van der Waals surface area (Å²) in [6, 6.07) is 5.91. The lowest BCUT2D eigenvalue weighted by Gasteiger charge is -2.32. The first-order valence-electron chi connectivity index (χ1n) is 8.67. The van der Waals surface area contributed by atoms with E-state index in [0.717, 1.165) is 55.0 Å². The molecule has 1 fully saturated rings. The molecule has 0 bridgehead atoms. The topological polar surface area (TPSA) is 61.3 Å². The number of piperidine rings is 1. The molecular formula is C18H26N4OS. The lowest BCUT2D eigenvalue weighted by Crippen LogP contribution is -2.40. The van der Waals surface area contributed by atoms with Crippen LogP contribution in [-0.2, 0) is 6.54 Å². The van der Waals surface area contributed by atoms with E-state index in [1.807, 2.05) is 25.1 Å². The third-order valence-electron chi connectivity index (χ3n) is 4.40. The number of aromatic nitrogens is 2. The molecule has 1 aliphatic rings. The van der Waals surface area contributed by atoms with E-state index in [0.29, 0.717) is 0 Å². The summed E-state index contributed by atoms with van der Waals surface area (Å²) >= 11 is 1.65. The van der Waals surface area contributed by atoms with Crippen molar-refractivity contribution in [3.63, 3.8) is 0 Å². The first kappa shape index (κ1) is 17.5. The molecular weight excluding hydrogens is 320 g/mol. The van der Waals surface area contributed by atoms with Crippen molar-refractivity contribution < 1.29 is 5.11 Å². The summed E-state index contributed by atoms with van der Waals surface area (Å²) in [5.41, 5.74) is 2.03. The maximum Gasteiger partial charge on any atom is 0.142 e. The zero-order valence-corrected chi connectivity index (χ0v) is 15.0. The van der Waals surface area contributed by atoms with Gasteiger partial charge in [0.1, 0.15) is 5.01 Å². The lowest BCUT2D eigenvalue weighted by atomic mass is 9.96. The second-order valence-electron chi connectivity index (χ2n) is 6.58. The van der Waals surface area contributed by atoms with Gasteiger partial charge in [-0.3, -0.25) is 4.98 Å². The van der Waals surface area contributed by atoms with Gasteiger partial charge in [0.15, 0.2) is 0 Å². The van der Waals surface area contributed by atoms with Crippen LogP contribution in [0.5, 0.6) is 0 Å².